The van der Waals surface area contributed by atoms with Crippen molar-refractivity contribution < 1.29 is 0 Å². The van der Waals surface area contributed by atoms with Gasteiger partial charge in [0.05, 0.1) is 6.07 Å². The van der Waals surface area contributed by atoms with Gasteiger partial charge in [-0.3, -0.25) is 0 Å². The molecule has 1 heteroatoms. The van der Waals surface area contributed by atoms with Crippen molar-refractivity contribution in [3.05, 3.63) is 35.5 Å². The standard InChI is InChI=1S/C15H21N/c1-12(9-11-16)7-8-14-13(2)6-5-10-15(14,3)4/h6-9,14H,5,10H2,1-4H3/b8-7+,12-9-. The molecule has 1 rings (SSSR count). The second-order valence-corrected chi connectivity index (χ2v) is 5.33. The quantitative estimate of drug-likeness (QED) is 0.380. The molecule has 0 fully saturated rings. The summed E-state index contributed by atoms with van der Waals surface area (Å²) in [5.74, 6) is 0.503. The highest BCUT2D eigenvalue weighted by atomic mass is 14.3. The summed E-state index contributed by atoms with van der Waals surface area (Å²) in [5, 5.41) is 8.56. The molecular formula is C15H21N. The summed E-state index contributed by atoms with van der Waals surface area (Å²) < 4.78 is 0. The Morgan fingerprint density at radius 1 is 1.56 bits per heavy atom. The van der Waals surface area contributed by atoms with E-state index in [0.29, 0.717) is 11.3 Å². The van der Waals surface area contributed by atoms with Crippen molar-refractivity contribution in [1.29, 1.82) is 5.26 Å². The fraction of sp³-hybridized carbons (Fsp3) is 0.533. The second-order valence-electron chi connectivity index (χ2n) is 5.33. The minimum atomic E-state index is 0.336. The SMILES string of the molecule is CC1=CCCC(C)(C)C1/C=C/C(C)=C\C#N. The van der Waals surface area contributed by atoms with E-state index in [0.717, 1.165) is 5.57 Å². The van der Waals surface area contributed by atoms with Crippen LogP contribution in [0.3, 0.4) is 0 Å². The Kier molecular flexibility index (Phi) is 4.12. The lowest BCUT2D eigenvalue weighted by molar-refractivity contribution is 0.255. The summed E-state index contributed by atoms with van der Waals surface area (Å²) in [6.07, 6.45) is 10.7. The fourth-order valence-corrected chi connectivity index (χ4v) is 2.38. The average Bonchev–Trinajstić information content (AvgIpc) is 2.16. The smallest absolute Gasteiger partial charge is 0.0914 e. The fourth-order valence-electron chi connectivity index (χ4n) is 2.38. The molecule has 0 aliphatic heterocycles. The maximum absolute atomic E-state index is 8.56. The summed E-state index contributed by atoms with van der Waals surface area (Å²) in [6.45, 7) is 8.82. The van der Waals surface area contributed by atoms with Gasteiger partial charge in [-0.1, -0.05) is 37.6 Å². The Hall–Kier alpha value is -1.29. The molecule has 0 radical (unpaired) electrons. The van der Waals surface area contributed by atoms with Gasteiger partial charge in [0, 0.05) is 12.0 Å². The molecule has 1 aliphatic carbocycles. The van der Waals surface area contributed by atoms with E-state index in [-0.39, 0.29) is 0 Å². The van der Waals surface area contributed by atoms with Gasteiger partial charge in [-0.15, -0.1) is 0 Å². The van der Waals surface area contributed by atoms with Gasteiger partial charge in [0.25, 0.3) is 0 Å². The number of hydrogen-bond donors (Lipinski definition) is 0. The first-order valence-electron chi connectivity index (χ1n) is 5.88. The van der Waals surface area contributed by atoms with Gasteiger partial charge in [0.1, 0.15) is 0 Å². The number of allylic oxidation sites excluding steroid dienone is 6. The van der Waals surface area contributed by atoms with Crippen LogP contribution < -0.4 is 0 Å². The predicted octanol–water partition coefficient (Wildman–Crippen LogP) is 4.39. The molecule has 86 valence electrons. The molecule has 0 amide bonds. The van der Waals surface area contributed by atoms with Crippen LogP contribution in [0.25, 0.3) is 0 Å². The van der Waals surface area contributed by atoms with Crippen LogP contribution in [0.5, 0.6) is 0 Å². The van der Waals surface area contributed by atoms with Gasteiger partial charge in [-0.05, 0) is 37.7 Å². The number of rotatable bonds is 2. The van der Waals surface area contributed by atoms with E-state index in [2.05, 4.69) is 45.1 Å². The van der Waals surface area contributed by atoms with Crippen molar-refractivity contribution >= 4 is 0 Å². The van der Waals surface area contributed by atoms with E-state index in [9.17, 15) is 0 Å². The van der Waals surface area contributed by atoms with Crippen molar-refractivity contribution in [2.45, 2.75) is 40.5 Å². The number of nitriles is 1. The highest BCUT2D eigenvalue weighted by Gasteiger charge is 2.30. The van der Waals surface area contributed by atoms with E-state index >= 15 is 0 Å². The van der Waals surface area contributed by atoms with Crippen LogP contribution in [0.15, 0.2) is 35.5 Å². The number of nitrogens with zero attached hydrogens (tertiary/aromatic N) is 1. The minimum Gasteiger partial charge on any atom is -0.193 e. The second kappa shape index (κ2) is 5.16. The Labute approximate surface area is 99.2 Å². The van der Waals surface area contributed by atoms with Crippen LogP contribution in [-0.4, -0.2) is 0 Å². The molecule has 1 nitrogen and oxygen atoms in total. The van der Waals surface area contributed by atoms with Crippen LogP contribution in [0.1, 0.15) is 40.5 Å². The first-order valence-corrected chi connectivity index (χ1v) is 5.88. The molecule has 0 spiro atoms. The lowest BCUT2D eigenvalue weighted by Crippen LogP contribution is -2.26. The van der Waals surface area contributed by atoms with Gasteiger partial charge in [0.15, 0.2) is 0 Å². The highest BCUT2D eigenvalue weighted by Crippen LogP contribution is 2.41. The molecule has 0 aromatic rings. The van der Waals surface area contributed by atoms with Gasteiger partial charge in [-0.25, -0.2) is 0 Å². The summed E-state index contributed by atoms with van der Waals surface area (Å²) >= 11 is 0. The normalized spacial score (nSPS) is 25.3. The topological polar surface area (TPSA) is 23.8 Å². The van der Waals surface area contributed by atoms with Gasteiger partial charge in [0.2, 0.25) is 0 Å². The van der Waals surface area contributed by atoms with Gasteiger partial charge < -0.3 is 0 Å². The third-order valence-electron chi connectivity index (χ3n) is 3.43. The molecule has 16 heavy (non-hydrogen) atoms. The Morgan fingerprint density at radius 2 is 2.25 bits per heavy atom. The Balaban J connectivity index is 2.86. The lowest BCUT2D eigenvalue weighted by atomic mass is 9.68. The van der Waals surface area contributed by atoms with E-state index in [1.807, 2.05) is 6.92 Å². The first kappa shape index (κ1) is 12.8. The molecule has 0 heterocycles. The molecule has 0 saturated carbocycles. The molecule has 0 bridgehead atoms. The van der Waals surface area contributed by atoms with Crippen molar-refractivity contribution in [3.63, 3.8) is 0 Å². The Morgan fingerprint density at radius 3 is 2.81 bits per heavy atom. The van der Waals surface area contributed by atoms with Crippen molar-refractivity contribution in [2.75, 3.05) is 0 Å². The molecule has 0 aromatic heterocycles. The van der Waals surface area contributed by atoms with Crippen LogP contribution in [0.4, 0.5) is 0 Å². The van der Waals surface area contributed by atoms with Crippen LogP contribution in [-0.2, 0) is 0 Å². The van der Waals surface area contributed by atoms with Crippen LogP contribution in [0, 0.1) is 22.7 Å². The van der Waals surface area contributed by atoms with E-state index < -0.39 is 0 Å². The molecule has 1 aliphatic rings. The maximum atomic E-state index is 8.56. The van der Waals surface area contributed by atoms with E-state index in [1.54, 1.807) is 6.08 Å². The third kappa shape index (κ3) is 3.10. The predicted molar refractivity (Wildman–Crippen MR) is 68.8 cm³/mol. The van der Waals surface area contributed by atoms with Gasteiger partial charge >= 0.3 is 0 Å². The lowest BCUT2D eigenvalue weighted by Gasteiger charge is -2.36. The van der Waals surface area contributed by atoms with Crippen LogP contribution in [0.2, 0.25) is 0 Å². The largest absolute Gasteiger partial charge is 0.193 e. The van der Waals surface area contributed by atoms with Gasteiger partial charge in [-0.2, -0.15) is 5.26 Å². The maximum Gasteiger partial charge on any atom is 0.0914 e. The van der Waals surface area contributed by atoms with Crippen LogP contribution >= 0.6 is 0 Å². The molecular weight excluding hydrogens is 194 g/mol. The first-order chi connectivity index (χ1) is 7.47. The van der Waals surface area contributed by atoms with Crippen molar-refractivity contribution in [3.8, 4) is 6.07 Å². The van der Waals surface area contributed by atoms with E-state index in [1.165, 1.54) is 18.4 Å². The highest BCUT2D eigenvalue weighted by molar-refractivity contribution is 5.27. The summed E-state index contributed by atoms with van der Waals surface area (Å²) in [4.78, 5) is 0. The third-order valence-corrected chi connectivity index (χ3v) is 3.43. The van der Waals surface area contributed by atoms with Crippen molar-refractivity contribution in [2.24, 2.45) is 11.3 Å². The number of hydrogen-bond acceptors (Lipinski definition) is 1. The zero-order valence-corrected chi connectivity index (χ0v) is 10.7. The van der Waals surface area contributed by atoms with E-state index in [4.69, 9.17) is 5.26 Å². The zero-order chi connectivity index (χ0) is 12.2. The summed E-state index contributed by atoms with van der Waals surface area (Å²) in [6, 6.07) is 2.06. The molecule has 0 saturated heterocycles. The molecule has 0 aromatic carbocycles. The molecule has 0 N–H and O–H groups in total. The molecule has 1 unspecified atom stereocenters. The zero-order valence-electron chi connectivity index (χ0n) is 10.7. The van der Waals surface area contributed by atoms with Crippen molar-refractivity contribution in [1.82, 2.24) is 0 Å². The Bertz CT molecular complexity index is 375. The average molecular weight is 215 g/mol. The summed E-state index contributed by atoms with van der Waals surface area (Å²) in [5.41, 5.74) is 2.82. The minimum absolute atomic E-state index is 0.336. The summed E-state index contributed by atoms with van der Waals surface area (Å²) in [7, 11) is 0. The molecule has 1 atom stereocenters. The monoisotopic (exact) mass is 215 g/mol.